The fourth-order valence-electron chi connectivity index (χ4n) is 8.27. The maximum atomic E-state index is 6.66. The molecule has 3 aliphatic rings. The zero-order chi connectivity index (χ0) is 33.4. The van der Waals surface area contributed by atoms with E-state index >= 15 is 0 Å². The molecule has 0 saturated heterocycles. The van der Waals surface area contributed by atoms with E-state index in [1.807, 2.05) is 0 Å². The summed E-state index contributed by atoms with van der Waals surface area (Å²) < 4.78 is 19.4. The minimum atomic E-state index is 0.0407. The number of hydrogen-bond acceptors (Lipinski definition) is 3. The van der Waals surface area contributed by atoms with E-state index in [1.165, 1.54) is 149 Å². The third-order valence-corrected chi connectivity index (χ3v) is 10.8. The van der Waals surface area contributed by atoms with Crippen molar-refractivity contribution < 1.29 is 14.2 Å². The molecule has 262 valence electrons. The van der Waals surface area contributed by atoms with Crippen molar-refractivity contribution in [2.75, 3.05) is 20.3 Å². The van der Waals surface area contributed by atoms with Crippen LogP contribution in [0.15, 0.2) is 54.6 Å². The van der Waals surface area contributed by atoms with Crippen molar-refractivity contribution in [2.24, 2.45) is 0 Å². The molecule has 0 spiro atoms. The Morgan fingerprint density at radius 1 is 0.396 bits per heavy atom. The Kier molecular flexibility index (Phi) is 15.1. The highest BCUT2D eigenvalue weighted by atomic mass is 16.5. The average molecular weight is 653 g/mol. The van der Waals surface area contributed by atoms with E-state index < -0.39 is 0 Å². The molecule has 0 aromatic heterocycles. The number of hydrogen-bond donors (Lipinski definition) is 0. The first kappa shape index (κ1) is 36.3. The lowest BCUT2D eigenvalue weighted by Gasteiger charge is -2.43. The van der Waals surface area contributed by atoms with Crippen LogP contribution < -0.4 is 14.2 Å². The summed E-state index contributed by atoms with van der Waals surface area (Å²) in [5.41, 5.74) is 8.03. The molecular weight excluding hydrogens is 588 g/mol. The van der Waals surface area contributed by atoms with Crippen molar-refractivity contribution in [3.8, 4) is 17.2 Å². The van der Waals surface area contributed by atoms with Gasteiger partial charge in [0.25, 0.3) is 0 Å². The predicted octanol–water partition coefficient (Wildman–Crippen LogP) is 13.3. The Bertz CT molecular complexity index is 1300. The molecule has 3 aromatic carbocycles. The van der Waals surface area contributed by atoms with Gasteiger partial charge in [-0.25, -0.2) is 0 Å². The number of benzene rings is 3. The predicted molar refractivity (Wildman–Crippen MR) is 202 cm³/mol. The Morgan fingerprint density at radius 3 is 1.10 bits per heavy atom. The number of rotatable bonds is 25. The van der Waals surface area contributed by atoms with Crippen molar-refractivity contribution in [3.05, 3.63) is 88.0 Å². The van der Waals surface area contributed by atoms with Crippen LogP contribution in [0.25, 0.3) is 0 Å². The van der Waals surface area contributed by atoms with E-state index in [-0.39, 0.29) is 11.8 Å². The molecule has 6 rings (SSSR count). The van der Waals surface area contributed by atoms with E-state index in [2.05, 4.69) is 68.4 Å². The van der Waals surface area contributed by atoms with Crippen molar-refractivity contribution in [1.82, 2.24) is 0 Å². The molecule has 0 atom stereocenters. The molecule has 2 bridgehead atoms. The summed E-state index contributed by atoms with van der Waals surface area (Å²) in [6, 6.07) is 20.0. The minimum absolute atomic E-state index is 0.0407. The highest BCUT2D eigenvalue weighted by molar-refractivity contribution is 5.74. The summed E-state index contributed by atoms with van der Waals surface area (Å²) in [6.45, 7) is 6.12. The van der Waals surface area contributed by atoms with Gasteiger partial charge in [0.05, 0.1) is 20.3 Å². The van der Waals surface area contributed by atoms with Crippen LogP contribution in [0, 0.1) is 0 Å². The van der Waals surface area contributed by atoms with E-state index in [0.717, 1.165) is 43.3 Å². The smallest absolute Gasteiger partial charge is 0.123 e. The third-order valence-electron chi connectivity index (χ3n) is 10.8. The zero-order valence-corrected chi connectivity index (χ0v) is 30.6. The Morgan fingerprint density at radius 2 is 0.729 bits per heavy atom. The van der Waals surface area contributed by atoms with Crippen LogP contribution in [0.1, 0.15) is 187 Å². The van der Waals surface area contributed by atoms with Gasteiger partial charge in [0.15, 0.2) is 0 Å². The molecule has 48 heavy (non-hydrogen) atoms. The molecule has 3 aliphatic carbocycles. The molecule has 0 fully saturated rings. The fourth-order valence-corrected chi connectivity index (χ4v) is 8.27. The van der Waals surface area contributed by atoms with Gasteiger partial charge in [-0.1, -0.05) is 166 Å². The van der Waals surface area contributed by atoms with Crippen molar-refractivity contribution in [2.45, 2.75) is 154 Å². The summed E-state index contributed by atoms with van der Waals surface area (Å²) in [5, 5.41) is 0. The lowest BCUT2D eigenvalue weighted by Crippen LogP contribution is -2.29. The summed E-state index contributed by atoms with van der Waals surface area (Å²) in [7, 11) is 1.81. The molecular formula is C45H64O3. The summed E-state index contributed by atoms with van der Waals surface area (Å²) in [4.78, 5) is 0. The standard InChI is InChI=1S/C45H64O3/c1-4-6-8-10-12-14-16-18-20-22-33-47-39-31-25-28-36-41-35-27-24-30-38(46-3)42(35)45(43(36)39)44-37(41)29-26-32-40(44)48-34-23-21-19-17-15-13-11-9-7-5-2/h24-32,41,45H,4-23,33-34H2,1-3H3. The molecule has 0 saturated carbocycles. The molecule has 0 radical (unpaired) electrons. The van der Waals surface area contributed by atoms with Gasteiger partial charge < -0.3 is 14.2 Å². The van der Waals surface area contributed by atoms with Crippen LogP contribution in [-0.4, -0.2) is 20.3 Å². The quantitative estimate of drug-likeness (QED) is 0.0587. The first-order valence-corrected chi connectivity index (χ1v) is 20.0. The molecule has 0 unspecified atom stereocenters. The molecule has 3 aromatic rings. The van der Waals surface area contributed by atoms with Crippen molar-refractivity contribution in [3.63, 3.8) is 0 Å². The van der Waals surface area contributed by atoms with Crippen LogP contribution in [0.2, 0.25) is 0 Å². The maximum absolute atomic E-state index is 6.66. The Balaban J connectivity index is 1.23. The van der Waals surface area contributed by atoms with Gasteiger partial charge in [0, 0.05) is 28.5 Å². The molecule has 0 heterocycles. The summed E-state index contributed by atoms with van der Waals surface area (Å²) in [6.07, 6.45) is 26.6. The van der Waals surface area contributed by atoms with Crippen LogP contribution in [-0.2, 0) is 0 Å². The topological polar surface area (TPSA) is 27.7 Å². The normalized spacial score (nSPS) is 15.6. The van der Waals surface area contributed by atoms with Gasteiger partial charge in [-0.15, -0.1) is 0 Å². The van der Waals surface area contributed by atoms with Gasteiger partial charge in [-0.2, -0.15) is 0 Å². The van der Waals surface area contributed by atoms with E-state index in [1.54, 1.807) is 7.11 Å². The maximum Gasteiger partial charge on any atom is 0.123 e. The second-order valence-corrected chi connectivity index (χ2v) is 14.4. The van der Waals surface area contributed by atoms with Crippen LogP contribution in [0.5, 0.6) is 17.2 Å². The van der Waals surface area contributed by atoms with Crippen molar-refractivity contribution >= 4 is 0 Å². The van der Waals surface area contributed by atoms with Gasteiger partial charge in [0.2, 0.25) is 0 Å². The molecule has 3 heteroatoms. The van der Waals surface area contributed by atoms with Crippen LogP contribution in [0.3, 0.4) is 0 Å². The average Bonchev–Trinajstić information content (AvgIpc) is 3.12. The molecule has 0 amide bonds. The minimum Gasteiger partial charge on any atom is -0.496 e. The lowest BCUT2D eigenvalue weighted by molar-refractivity contribution is 0.294. The third kappa shape index (κ3) is 9.19. The fraction of sp³-hybridized carbons (Fsp3) is 0.600. The summed E-state index contributed by atoms with van der Waals surface area (Å²) in [5.74, 6) is 3.23. The largest absolute Gasteiger partial charge is 0.496 e. The van der Waals surface area contributed by atoms with Crippen LogP contribution in [0.4, 0.5) is 0 Å². The van der Waals surface area contributed by atoms with Gasteiger partial charge in [-0.05, 0) is 47.7 Å². The van der Waals surface area contributed by atoms with E-state index in [0.29, 0.717) is 0 Å². The molecule has 3 nitrogen and oxygen atoms in total. The van der Waals surface area contributed by atoms with E-state index in [4.69, 9.17) is 14.2 Å². The SMILES string of the molecule is CCCCCCCCCCCCOc1cccc2c1C1c3c(OC)cccc3C2c2cccc(OCCCCCCCCCCCC)c21. The first-order valence-electron chi connectivity index (χ1n) is 20.0. The second kappa shape index (κ2) is 19.9. The van der Waals surface area contributed by atoms with Crippen molar-refractivity contribution in [1.29, 1.82) is 0 Å². The van der Waals surface area contributed by atoms with Crippen LogP contribution >= 0.6 is 0 Å². The zero-order valence-electron chi connectivity index (χ0n) is 30.6. The molecule has 0 N–H and O–H groups in total. The Labute approximate surface area is 293 Å². The monoisotopic (exact) mass is 652 g/mol. The van der Waals surface area contributed by atoms with Gasteiger partial charge >= 0.3 is 0 Å². The first-order chi connectivity index (χ1) is 23.8. The lowest BCUT2D eigenvalue weighted by atomic mass is 9.60. The van der Waals surface area contributed by atoms with Gasteiger partial charge in [-0.3, -0.25) is 0 Å². The highest BCUT2D eigenvalue weighted by Gasteiger charge is 2.46. The molecule has 0 aliphatic heterocycles. The highest BCUT2D eigenvalue weighted by Crippen LogP contribution is 2.61. The Hall–Kier alpha value is -2.94. The second-order valence-electron chi connectivity index (χ2n) is 14.4. The number of unbranched alkanes of at least 4 members (excludes halogenated alkanes) is 18. The summed E-state index contributed by atoms with van der Waals surface area (Å²) >= 11 is 0. The number of ether oxygens (including phenoxy) is 3. The van der Waals surface area contributed by atoms with Gasteiger partial charge in [0.1, 0.15) is 17.2 Å². The number of methoxy groups -OCH3 is 1. The van der Waals surface area contributed by atoms with E-state index in [9.17, 15) is 0 Å².